The van der Waals surface area contributed by atoms with Crippen LogP contribution in [0.5, 0.6) is 0 Å². The molecule has 0 radical (unpaired) electrons. The number of aliphatic hydroxyl groups is 1. The summed E-state index contributed by atoms with van der Waals surface area (Å²) in [5, 5.41) is 14.5. The molecule has 1 aromatic heterocycles. The van der Waals surface area contributed by atoms with Gasteiger partial charge in [-0.2, -0.15) is 0 Å². The van der Waals surface area contributed by atoms with E-state index < -0.39 is 0 Å². The summed E-state index contributed by atoms with van der Waals surface area (Å²) in [6.45, 7) is 5.00. The number of oxazole rings is 1. The van der Waals surface area contributed by atoms with Gasteiger partial charge in [-0.15, -0.1) is 0 Å². The molecule has 0 bridgehead atoms. The van der Waals surface area contributed by atoms with Crippen molar-refractivity contribution in [3.8, 4) is 0 Å². The summed E-state index contributed by atoms with van der Waals surface area (Å²) >= 11 is 0. The standard InChI is InChI=1S/C13H23N3O3/c1-3-4-11(5-6-17)7-14-13(18)15-8-12-10(2)19-9-16-12/h9,11,17H,3-8H2,1-2H3,(H2,14,15,18). The van der Waals surface area contributed by atoms with Crippen LogP contribution in [0.1, 0.15) is 37.6 Å². The summed E-state index contributed by atoms with van der Waals surface area (Å²) in [5.74, 6) is 1.04. The van der Waals surface area contributed by atoms with E-state index in [1.54, 1.807) is 6.92 Å². The van der Waals surface area contributed by atoms with Crippen molar-refractivity contribution in [1.82, 2.24) is 15.6 Å². The lowest BCUT2D eigenvalue weighted by Crippen LogP contribution is -2.38. The number of nitrogens with zero attached hydrogens (tertiary/aromatic N) is 1. The Labute approximate surface area is 113 Å². The van der Waals surface area contributed by atoms with Crippen LogP contribution in [0.3, 0.4) is 0 Å². The van der Waals surface area contributed by atoms with E-state index in [0.29, 0.717) is 24.8 Å². The summed E-state index contributed by atoms with van der Waals surface area (Å²) in [7, 11) is 0. The maximum Gasteiger partial charge on any atom is 0.315 e. The van der Waals surface area contributed by atoms with Gasteiger partial charge in [0.15, 0.2) is 6.39 Å². The second-order valence-corrected chi connectivity index (χ2v) is 4.59. The highest BCUT2D eigenvalue weighted by molar-refractivity contribution is 5.73. The first-order valence-corrected chi connectivity index (χ1v) is 6.68. The number of urea groups is 1. The molecule has 0 aliphatic rings. The predicted octanol–water partition coefficient (Wildman–Crippen LogP) is 1.58. The topological polar surface area (TPSA) is 87.4 Å². The first-order valence-electron chi connectivity index (χ1n) is 6.68. The van der Waals surface area contributed by atoms with Gasteiger partial charge in [-0.05, 0) is 25.7 Å². The van der Waals surface area contributed by atoms with Crippen molar-refractivity contribution < 1.29 is 14.3 Å². The van der Waals surface area contributed by atoms with E-state index in [9.17, 15) is 4.79 Å². The monoisotopic (exact) mass is 269 g/mol. The smallest absolute Gasteiger partial charge is 0.315 e. The lowest BCUT2D eigenvalue weighted by molar-refractivity contribution is 0.229. The number of hydrogen-bond acceptors (Lipinski definition) is 4. The van der Waals surface area contributed by atoms with Crippen LogP contribution in [-0.2, 0) is 6.54 Å². The number of nitrogens with one attached hydrogen (secondary N) is 2. The van der Waals surface area contributed by atoms with E-state index in [0.717, 1.165) is 25.0 Å². The van der Waals surface area contributed by atoms with Gasteiger partial charge in [0, 0.05) is 13.2 Å². The van der Waals surface area contributed by atoms with Crippen LogP contribution in [0.4, 0.5) is 4.79 Å². The average Bonchev–Trinajstić information content (AvgIpc) is 2.79. The average molecular weight is 269 g/mol. The zero-order chi connectivity index (χ0) is 14.1. The third-order valence-corrected chi connectivity index (χ3v) is 3.05. The van der Waals surface area contributed by atoms with E-state index in [-0.39, 0.29) is 12.6 Å². The lowest BCUT2D eigenvalue weighted by Gasteiger charge is -2.15. The molecule has 0 spiro atoms. The molecule has 2 amide bonds. The predicted molar refractivity (Wildman–Crippen MR) is 71.6 cm³/mol. The quantitative estimate of drug-likeness (QED) is 0.668. The maximum absolute atomic E-state index is 11.6. The SMILES string of the molecule is CCCC(CCO)CNC(=O)NCc1ncoc1C. The zero-order valence-electron chi connectivity index (χ0n) is 11.6. The second-order valence-electron chi connectivity index (χ2n) is 4.59. The summed E-state index contributed by atoms with van der Waals surface area (Å²) in [5.41, 5.74) is 0.732. The van der Waals surface area contributed by atoms with Gasteiger partial charge in [0.25, 0.3) is 0 Å². The first kappa shape index (κ1) is 15.5. The number of carbonyl (C=O) groups is 1. The van der Waals surface area contributed by atoms with Gasteiger partial charge in [0.05, 0.1) is 6.54 Å². The Hall–Kier alpha value is -1.56. The van der Waals surface area contributed by atoms with Crippen molar-refractivity contribution >= 4 is 6.03 Å². The first-order chi connectivity index (χ1) is 9.17. The molecule has 0 aliphatic carbocycles. The molecule has 0 saturated carbocycles. The molecule has 0 saturated heterocycles. The number of aryl methyl sites for hydroxylation is 1. The summed E-state index contributed by atoms with van der Waals surface area (Å²) in [4.78, 5) is 15.6. The van der Waals surface area contributed by atoms with Crippen molar-refractivity contribution in [3.05, 3.63) is 17.8 Å². The minimum Gasteiger partial charge on any atom is -0.448 e. The number of rotatable bonds is 8. The van der Waals surface area contributed by atoms with E-state index in [1.165, 1.54) is 6.39 Å². The van der Waals surface area contributed by atoms with E-state index in [2.05, 4.69) is 22.5 Å². The fraction of sp³-hybridized carbons (Fsp3) is 0.692. The third kappa shape index (κ3) is 5.74. The Bertz CT molecular complexity index is 373. The summed E-state index contributed by atoms with van der Waals surface area (Å²) in [6.07, 6.45) is 4.13. The molecule has 108 valence electrons. The molecular formula is C13H23N3O3. The van der Waals surface area contributed by atoms with Gasteiger partial charge in [0.1, 0.15) is 11.5 Å². The van der Waals surface area contributed by atoms with Crippen LogP contribution in [0, 0.1) is 12.8 Å². The Morgan fingerprint density at radius 2 is 2.26 bits per heavy atom. The molecule has 1 aromatic rings. The highest BCUT2D eigenvalue weighted by Gasteiger charge is 2.10. The number of hydrogen-bond donors (Lipinski definition) is 3. The molecule has 1 atom stereocenters. The highest BCUT2D eigenvalue weighted by Crippen LogP contribution is 2.09. The maximum atomic E-state index is 11.6. The Balaban J connectivity index is 2.25. The van der Waals surface area contributed by atoms with Gasteiger partial charge in [-0.25, -0.2) is 9.78 Å². The molecule has 3 N–H and O–H groups in total. The molecule has 6 heteroatoms. The van der Waals surface area contributed by atoms with Gasteiger partial charge in [-0.3, -0.25) is 0 Å². The molecule has 1 rings (SSSR count). The molecular weight excluding hydrogens is 246 g/mol. The number of carbonyl (C=O) groups excluding carboxylic acids is 1. The Morgan fingerprint density at radius 1 is 1.47 bits per heavy atom. The van der Waals surface area contributed by atoms with Crippen LogP contribution >= 0.6 is 0 Å². The minimum absolute atomic E-state index is 0.159. The van der Waals surface area contributed by atoms with Crippen LogP contribution in [0.25, 0.3) is 0 Å². The number of amides is 2. The number of aliphatic hydroxyl groups excluding tert-OH is 1. The van der Waals surface area contributed by atoms with Crippen molar-refractivity contribution in [2.45, 2.75) is 39.7 Å². The van der Waals surface area contributed by atoms with E-state index >= 15 is 0 Å². The zero-order valence-corrected chi connectivity index (χ0v) is 11.6. The summed E-state index contributed by atoms with van der Waals surface area (Å²) < 4.78 is 5.05. The van der Waals surface area contributed by atoms with Gasteiger partial charge in [0.2, 0.25) is 0 Å². The molecule has 19 heavy (non-hydrogen) atoms. The molecule has 0 fully saturated rings. The highest BCUT2D eigenvalue weighted by atomic mass is 16.3. The molecule has 1 unspecified atom stereocenters. The molecule has 0 aliphatic heterocycles. The Kier molecular flexibility index (Phi) is 6.95. The van der Waals surface area contributed by atoms with Crippen molar-refractivity contribution in [2.24, 2.45) is 5.92 Å². The fourth-order valence-electron chi connectivity index (χ4n) is 1.90. The molecule has 1 heterocycles. The van der Waals surface area contributed by atoms with Crippen molar-refractivity contribution in [3.63, 3.8) is 0 Å². The van der Waals surface area contributed by atoms with Crippen molar-refractivity contribution in [2.75, 3.05) is 13.2 Å². The molecule has 6 nitrogen and oxygen atoms in total. The van der Waals surface area contributed by atoms with E-state index in [4.69, 9.17) is 9.52 Å². The fourth-order valence-corrected chi connectivity index (χ4v) is 1.90. The van der Waals surface area contributed by atoms with Gasteiger partial charge < -0.3 is 20.2 Å². The van der Waals surface area contributed by atoms with Crippen LogP contribution in [-0.4, -0.2) is 29.3 Å². The van der Waals surface area contributed by atoms with Crippen LogP contribution in [0.15, 0.2) is 10.8 Å². The van der Waals surface area contributed by atoms with Gasteiger partial charge >= 0.3 is 6.03 Å². The van der Waals surface area contributed by atoms with Gasteiger partial charge in [-0.1, -0.05) is 13.3 Å². The summed E-state index contributed by atoms with van der Waals surface area (Å²) in [6, 6.07) is -0.221. The third-order valence-electron chi connectivity index (χ3n) is 3.05. The minimum atomic E-state index is -0.221. The van der Waals surface area contributed by atoms with Crippen LogP contribution < -0.4 is 10.6 Å². The molecule has 0 aromatic carbocycles. The van der Waals surface area contributed by atoms with Crippen molar-refractivity contribution in [1.29, 1.82) is 0 Å². The second kappa shape index (κ2) is 8.53. The largest absolute Gasteiger partial charge is 0.448 e. The number of aromatic nitrogens is 1. The van der Waals surface area contributed by atoms with Crippen LogP contribution in [0.2, 0.25) is 0 Å². The lowest BCUT2D eigenvalue weighted by atomic mass is 10.0. The normalized spacial score (nSPS) is 12.2. The van der Waals surface area contributed by atoms with E-state index in [1.807, 2.05) is 0 Å². The Morgan fingerprint density at radius 3 is 2.84 bits per heavy atom.